The maximum Gasteiger partial charge on any atom is 0.343 e. The van der Waals surface area contributed by atoms with Crippen LogP contribution in [0.25, 0.3) is 0 Å². The van der Waals surface area contributed by atoms with Crippen LogP contribution < -0.4 is 14.8 Å². The van der Waals surface area contributed by atoms with E-state index in [2.05, 4.69) is 23.9 Å². The molecule has 20 heavy (non-hydrogen) atoms. The molecule has 5 nitrogen and oxygen atoms in total. The lowest BCUT2D eigenvalue weighted by molar-refractivity contribution is -0.142. The molecule has 1 N–H and O–H groups in total. The molecule has 0 saturated heterocycles. The first-order valence-electron chi connectivity index (χ1n) is 6.65. The predicted octanol–water partition coefficient (Wildman–Crippen LogP) is 2.06. The van der Waals surface area contributed by atoms with Gasteiger partial charge in [-0.05, 0) is 27.0 Å². The van der Waals surface area contributed by atoms with Gasteiger partial charge in [0.15, 0.2) is 6.61 Å². The average molecular weight is 279 g/mol. The molecular formula is C15H21NO4. The van der Waals surface area contributed by atoms with Gasteiger partial charge in [-0.25, -0.2) is 4.79 Å². The molecule has 1 aromatic carbocycles. The molecular weight excluding hydrogens is 258 g/mol. The average Bonchev–Trinajstić information content (AvgIpc) is 2.42. The smallest absolute Gasteiger partial charge is 0.343 e. The number of methoxy groups -OCH3 is 1. The van der Waals surface area contributed by atoms with Crippen LogP contribution in [0.2, 0.25) is 0 Å². The lowest BCUT2D eigenvalue weighted by Crippen LogP contribution is -2.38. The van der Waals surface area contributed by atoms with Crippen molar-refractivity contribution in [2.24, 2.45) is 0 Å². The molecule has 1 heterocycles. The minimum absolute atomic E-state index is 0.103. The fourth-order valence-electron chi connectivity index (χ4n) is 2.38. The number of fused-ring (bicyclic) bond motifs is 1. The number of hydrogen-bond donors (Lipinski definition) is 1. The molecule has 0 aliphatic carbocycles. The Morgan fingerprint density at radius 3 is 2.90 bits per heavy atom. The molecule has 0 fully saturated rings. The van der Waals surface area contributed by atoms with Crippen LogP contribution in [-0.2, 0) is 9.53 Å². The lowest BCUT2D eigenvalue weighted by atomic mass is 9.90. The number of hydrogen-bond acceptors (Lipinski definition) is 5. The Hall–Kier alpha value is -1.75. The Bertz CT molecular complexity index is 499. The molecule has 1 aliphatic heterocycles. The highest BCUT2D eigenvalue weighted by atomic mass is 16.6. The Kier molecular flexibility index (Phi) is 4.18. The molecule has 0 spiro atoms. The molecule has 5 heteroatoms. The third-order valence-electron chi connectivity index (χ3n) is 3.38. The van der Waals surface area contributed by atoms with Crippen molar-refractivity contribution in [3.05, 3.63) is 23.8 Å². The molecule has 0 bridgehead atoms. The van der Waals surface area contributed by atoms with Crippen LogP contribution in [0.3, 0.4) is 0 Å². The monoisotopic (exact) mass is 279 g/mol. The number of ether oxygens (including phenoxy) is 3. The largest absolute Gasteiger partial charge is 0.487 e. The first-order valence-corrected chi connectivity index (χ1v) is 6.65. The number of esters is 1. The third kappa shape index (κ3) is 3.22. The fraction of sp³-hybridized carbons (Fsp3) is 0.533. The van der Waals surface area contributed by atoms with E-state index in [0.29, 0.717) is 5.75 Å². The number of benzene rings is 1. The second kappa shape index (κ2) is 5.71. The van der Waals surface area contributed by atoms with Crippen molar-refractivity contribution in [2.75, 3.05) is 20.8 Å². The highest BCUT2D eigenvalue weighted by Gasteiger charge is 2.33. The Morgan fingerprint density at radius 1 is 1.50 bits per heavy atom. The van der Waals surface area contributed by atoms with E-state index >= 15 is 0 Å². The summed E-state index contributed by atoms with van der Waals surface area (Å²) < 4.78 is 15.9. The number of nitrogens with one attached hydrogen (secondary N) is 1. The van der Waals surface area contributed by atoms with E-state index in [0.717, 1.165) is 17.7 Å². The van der Waals surface area contributed by atoms with Crippen LogP contribution in [0.1, 0.15) is 31.9 Å². The summed E-state index contributed by atoms with van der Waals surface area (Å²) in [5.41, 5.74) is 0.874. The van der Waals surface area contributed by atoms with Crippen molar-refractivity contribution in [3.8, 4) is 11.5 Å². The Morgan fingerprint density at radius 2 is 2.25 bits per heavy atom. The van der Waals surface area contributed by atoms with Gasteiger partial charge in [-0.1, -0.05) is 6.07 Å². The topological polar surface area (TPSA) is 56.8 Å². The summed E-state index contributed by atoms with van der Waals surface area (Å²) in [4.78, 5) is 11.1. The van der Waals surface area contributed by atoms with E-state index in [4.69, 9.17) is 9.47 Å². The predicted molar refractivity (Wildman–Crippen MR) is 75.1 cm³/mol. The molecule has 0 amide bonds. The van der Waals surface area contributed by atoms with Crippen LogP contribution in [-0.4, -0.2) is 32.3 Å². The number of rotatable bonds is 4. The van der Waals surface area contributed by atoms with Gasteiger partial charge in [-0.3, -0.25) is 0 Å². The molecule has 1 aliphatic rings. The fourth-order valence-corrected chi connectivity index (χ4v) is 2.38. The van der Waals surface area contributed by atoms with Gasteiger partial charge in [0.2, 0.25) is 0 Å². The van der Waals surface area contributed by atoms with E-state index in [1.165, 1.54) is 7.11 Å². The van der Waals surface area contributed by atoms with E-state index in [-0.39, 0.29) is 18.2 Å². The molecule has 1 atom stereocenters. The number of carbonyl (C=O) groups excluding carboxylic acids is 1. The molecule has 2 rings (SSSR count). The molecule has 110 valence electrons. The first-order chi connectivity index (χ1) is 9.45. The number of carbonyl (C=O) groups is 1. The summed E-state index contributed by atoms with van der Waals surface area (Å²) in [5.74, 6) is 0.988. The normalized spacial score (nSPS) is 19.7. The molecule has 0 saturated carbocycles. The third-order valence-corrected chi connectivity index (χ3v) is 3.38. The lowest BCUT2D eigenvalue weighted by Gasteiger charge is -2.37. The molecule has 0 radical (unpaired) electrons. The van der Waals surface area contributed by atoms with Gasteiger partial charge in [0.05, 0.1) is 7.11 Å². The van der Waals surface area contributed by atoms with Gasteiger partial charge in [0, 0.05) is 24.1 Å². The molecule has 1 unspecified atom stereocenters. The minimum atomic E-state index is -0.405. The van der Waals surface area contributed by atoms with E-state index in [1.807, 2.05) is 25.2 Å². The Labute approximate surface area is 119 Å². The Balaban J connectivity index is 2.19. The van der Waals surface area contributed by atoms with Crippen molar-refractivity contribution < 1.29 is 19.0 Å². The van der Waals surface area contributed by atoms with Crippen molar-refractivity contribution >= 4 is 5.97 Å². The van der Waals surface area contributed by atoms with Gasteiger partial charge >= 0.3 is 5.97 Å². The van der Waals surface area contributed by atoms with Gasteiger partial charge in [-0.15, -0.1) is 0 Å². The van der Waals surface area contributed by atoms with Crippen LogP contribution in [0.4, 0.5) is 0 Å². The van der Waals surface area contributed by atoms with E-state index < -0.39 is 5.97 Å². The van der Waals surface area contributed by atoms with Crippen LogP contribution >= 0.6 is 0 Å². The first kappa shape index (κ1) is 14.7. The highest BCUT2D eigenvalue weighted by Crippen LogP contribution is 2.40. The van der Waals surface area contributed by atoms with Gasteiger partial charge < -0.3 is 19.5 Å². The second-order valence-corrected chi connectivity index (χ2v) is 5.47. The van der Waals surface area contributed by atoms with Gasteiger partial charge in [0.25, 0.3) is 0 Å². The van der Waals surface area contributed by atoms with Crippen LogP contribution in [0.15, 0.2) is 18.2 Å². The summed E-state index contributed by atoms with van der Waals surface area (Å²) in [5, 5.41) is 3.30. The maximum atomic E-state index is 11.1. The standard InChI is InChI=1S/C15H21NO4/c1-15(2)8-12(16-3)11-6-5-10(7-13(11)20-15)19-9-14(17)18-4/h5-7,12,16H,8-9H2,1-4H3. The van der Waals surface area contributed by atoms with Gasteiger partial charge in [-0.2, -0.15) is 0 Å². The second-order valence-electron chi connectivity index (χ2n) is 5.47. The van der Waals surface area contributed by atoms with E-state index in [1.54, 1.807) is 0 Å². The zero-order chi connectivity index (χ0) is 14.8. The highest BCUT2D eigenvalue weighted by molar-refractivity contribution is 5.70. The zero-order valence-corrected chi connectivity index (χ0v) is 12.4. The summed E-state index contributed by atoms with van der Waals surface area (Å²) in [6, 6.07) is 5.89. The van der Waals surface area contributed by atoms with Crippen molar-refractivity contribution in [1.82, 2.24) is 5.32 Å². The van der Waals surface area contributed by atoms with Crippen LogP contribution in [0.5, 0.6) is 11.5 Å². The van der Waals surface area contributed by atoms with Gasteiger partial charge in [0.1, 0.15) is 17.1 Å². The van der Waals surface area contributed by atoms with E-state index in [9.17, 15) is 4.79 Å². The maximum absolute atomic E-state index is 11.1. The summed E-state index contributed by atoms with van der Waals surface area (Å²) in [7, 11) is 3.28. The van der Waals surface area contributed by atoms with Crippen LogP contribution in [0, 0.1) is 0 Å². The summed E-state index contributed by atoms with van der Waals surface area (Å²) in [6.45, 7) is 4.01. The minimum Gasteiger partial charge on any atom is -0.487 e. The van der Waals surface area contributed by atoms with Crippen molar-refractivity contribution in [1.29, 1.82) is 0 Å². The quantitative estimate of drug-likeness (QED) is 0.855. The van der Waals surface area contributed by atoms with Crippen molar-refractivity contribution in [2.45, 2.75) is 31.9 Å². The van der Waals surface area contributed by atoms with Crippen molar-refractivity contribution in [3.63, 3.8) is 0 Å². The molecule has 1 aromatic rings. The summed E-state index contributed by atoms with van der Waals surface area (Å²) >= 11 is 0. The zero-order valence-electron chi connectivity index (χ0n) is 12.4. The SMILES string of the molecule is CNC1CC(C)(C)Oc2cc(OCC(=O)OC)ccc21. The molecule has 0 aromatic heterocycles. The summed E-state index contributed by atoms with van der Waals surface area (Å²) in [6.07, 6.45) is 0.902.